The second-order valence-electron chi connectivity index (χ2n) is 7.72. The van der Waals surface area contributed by atoms with Crippen molar-refractivity contribution in [3.8, 4) is 6.07 Å². The number of nitrogens with zero attached hydrogens (tertiary/aromatic N) is 1. The Labute approximate surface area is 196 Å². The molecular weight excluding hydrogens is 435 g/mol. The molecule has 1 amide bonds. The Kier molecular flexibility index (Phi) is 6.53. The van der Waals surface area contributed by atoms with Crippen LogP contribution in [0, 0.1) is 24.1 Å². The highest BCUT2D eigenvalue weighted by Gasteiger charge is 2.14. The molecule has 4 aromatic carbocycles. The smallest absolute Gasteiger partial charge is 0.266 e. The van der Waals surface area contributed by atoms with Crippen LogP contribution in [0.4, 0.5) is 10.1 Å². The number of hydrogen-bond donors (Lipinski definition) is 1. The van der Waals surface area contributed by atoms with Crippen molar-refractivity contribution >= 4 is 40.0 Å². The van der Waals surface area contributed by atoms with E-state index in [4.69, 9.17) is 11.6 Å². The molecule has 0 aromatic heterocycles. The van der Waals surface area contributed by atoms with Gasteiger partial charge >= 0.3 is 0 Å². The minimum Gasteiger partial charge on any atom is -0.321 e. The molecule has 0 fully saturated rings. The van der Waals surface area contributed by atoms with Crippen molar-refractivity contribution in [2.24, 2.45) is 0 Å². The molecule has 33 heavy (non-hydrogen) atoms. The minimum absolute atomic E-state index is 0.0576. The number of carbonyl (C=O) groups is 1. The maximum Gasteiger partial charge on any atom is 0.266 e. The van der Waals surface area contributed by atoms with E-state index in [2.05, 4.69) is 5.32 Å². The number of halogens is 2. The van der Waals surface area contributed by atoms with E-state index in [9.17, 15) is 14.4 Å². The van der Waals surface area contributed by atoms with Gasteiger partial charge in [0, 0.05) is 17.1 Å². The average Bonchev–Trinajstić information content (AvgIpc) is 2.82. The first kappa shape index (κ1) is 22.3. The van der Waals surface area contributed by atoms with Gasteiger partial charge in [0.2, 0.25) is 0 Å². The van der Waals surface area contributed by atoms with Crippen LogP contribution in [0.25, 0.3) is 16.8 Å². The van der Waals surface area contributed by atoms with Gasteiger partial charge in [0.1, 0.15) is 17.5 Å². The molecule has 0 atom stereocenters. The van der Waals surface area contributed by atoms with Gasteiger partial charge in [-0.05, 0) is 64.2 Å². The Balaban J connectivity index is 1.77. The molecule has 3 nitrogen and oxygen atoms in total. The molecule has 0 unspecified atom stereocenters. The summed E-state index contributed by atoms with van der Waals surface area (Å²) in [6, 6.07) is 25.3. The van der Waals surface area contributed by atoms with Crippen molar-refractivity contribution in [3.05, 3.63) is 118 Å². The molecule has 4 aromatic rings. The fourth-order valence-corrected chi connectivity index (χ4v) is 3.85. The molecule has 0 aliphatic rings. The second-order valence-corrected chi connectivity index (χ2v) is 8.12. The van der Waals surface area contributed by atoms with Gasteiger partial charge in [0.25, 0.3) is 5.91 Å². The summed E-state index contributed by atoms with van der Waals surface area (Å²) >= 11 is 6.15. The van der Waals surface area contributed by atoms with E-state index >= 15 is 0 Å². The zero-order valence-electron chi connectivity index (χ0n) is 17.9. The number of rotatable bonds is 5. The number of nitrogens with one attached hydrogen (secondary N) is 1. The summed E-state index contributed by atoms with van der Waals surface area (Å²) in [5.74, 6) is -0.836. The Bertz CT molecular complexity index is 1440. The molecule has 0 saturated carbocycles. The lowest BCUT2D eigenvalue weighted by Crippen LogP contribution is -2.13. The van der Waals surface area contributed by atoms with E-state index in [1.807, 2.05) is 49.4 Å². The van der Waals surface area contributed by atoms with Crippen molar-refractivity contribution in [1.82, 2.24) is 0 Å². The van der Waals surface area contributed by atoms with Crippen molar-refractivity contribution in [3.63, 3.8) is 0 Å². The number of amides is 1. The van der Waals surface area contributed by atoms with Gasteiger partial charge in [0.15, 0.2) is 0 Å². The van der Waals surface area contributed by atoms with Crippen LogP contribution in [0.1, 0.15) is 22.3 Å². The molecule has 0 aliphatic heterocycles. The van der Waals surface area contributed by atoms with Gasteiger partial charge in [-0.25, -0.2) is 4.39 Å². The zero-order chi connectivity index (χ0) is 23.4. The van der Waals surface area contributed by atoms with Gasteiger partial charge in [0.05, 0.1) is 0 Å². The summed E-state index contributed by atoms with van der Waals surface area (Å²) in [7, 11) is 0. The highest BCUT2D eigenvalue weighted by atomic mass is 35.5. The minimum atomic E-state index is -0.540. The molecule has 4 rings (SSSR count). The number of carbonyl (C=O) groups excluding carboxylic acids is 1. The van der Waals surface area contributed by atoms with E-state index in [0.717, 1.165) is 21.9 Å². The van der Waals surface area contributed by atoms with Crippen molar-refractivity contribution in [1.29, 1.82) is 5.26 Å². The molecule has 0 radical (unpaired) electrons. The largest absolute Gasteiger partial charge is 0.321 e. The normalized spacial score (nSPS) is 11.3. The van der Waals surface area contributed by atoms with Crippen molar-refractivity contribution in [2.45, 2.75) is 13.3 Å². The highest BCUT2D eigenvalue weighted by Crippen LogP contribution is 2.28. The first-order chi connectivity index (χ1) is 16.0. The Hall–Kier alpha value is -3.94. The summed E-state index contributed by atoms with van der Waals surface area (Å²) in [5, 5.41) is 14.9. The number of aryl methyl sites for hydroxylation is 1. The topological polar surface area (TPSA) is 52.9 Å². The molecule has 0 heterocycles. The lowest BCUT2D eigenvalue weighted by atomic mass is 9.93. The molecule has 1 N–H and O–H groups in total. The van der Waals surface area contributed by atoms with Crippen LogP contribution >= 0.6 is 11.6 Å². The summed E-state index contributed by atoms with van der Waals surface area (Å²) in [6.45, 7) is 1.87. The number of hydrogen-bond acceptors (Lipinski definition) is 2. The molecular formula is C28H20ClFN2O. The first-order valence-electron chi connectivity index (χ1n) is 10.4. The predicted molar refractivity (Wildman–Crippen MR) is 132 cm³/mol. The van der Waals surface area contributed by atoms with Crippen LogP contribution in [-0.2, 0) is 11.2 Å². The van der Waals surface area contributed by atoms with Crippen LogP contribution in [0.5, 0.6) is 0 Å². The number of fused-ring (bicyclic) bond motifs is 1. The van der Waals surface area contributed by atoms with Crippen LogP contribution in [0.2, 0.25) is 5.02 Å². The fourth-order valence-electron chi connectivity index (χ4n) is 3.67. The Morgan fingerprint density at radius 1 is 1.03 bits per heavy atom. The first-order valence-corrected chi connectivity index (χ1v) is 10.8. The number of benzene rings is 4. The summed E-state index contributed by atoms with van der Waals surface area (Å²) in [5.41, 5.74) is 3.40. The average molecular weight is 455 g/mol. The van der Waals surface area contributed by atoms with E-state index < -0.39 is 5.91 Å². The maximum absolute atomic E-state index is 14.3. The Morgan fingerprint density at radius 2 is 1.79 bits per heavy atom. The van der Waals surface area contributed by atoms with Gasteiger partial charge < -0.3 is 5.32 Å². The van der Waals surface area contributed by atoms with Crippen molar-refractivity contribution < 1.29 is 9.18 Å². The van der Waals surface area contributed by atoms with Crippen LogP contribution in [0.3, 0.4) is 0 Å². The third-order valence-electron chi connectivity index (χ3n) is 5.48. The van der Waals surface area contributed by atoms with Gasteiger partial charge in [-0.15, -0.1) is 0 Å². The lowest BCUT2D eigenvalue weighted by Gasteiger charge is -2.12. The summed E-state index contributed by atoms with van der Waals surface area (Å²) < 4.78 is 14.3. The molecule has 0 saturated heterocycles. The van der Waals surface area contributed by atoms with E-state index in [-0.39, 0.29) is 11.4 Å². The Morgan fingerprint density at radius 3 is 2.55 bits per heavy atom. The number of anilines is 1. The lowest BCUT2D eigenvalue weighted by molar-refractivity contribution is -0.112. The number of nitriles is 1. The van der Waals surface area contributed by atoms with Gasteiger partial charge in [-0.1, -0.05) is 72.3 Å². The van der Waals surface area contributed by atoms with Crippen LogP contribution < -0.4 is 5.32 Å². The molecule has 0 bridgehead atoms. The third kappa shape index (κ3) is 4.95. The second kappa shape index (κ2) is 9.68. The van der Waals surface area contributed by atoms with E-state index in [0.29, 0.717) is 28.3 Å². The van der Waals surface area contributed by atoms with Crippen LogP contribution in [-0.4, -0.2) is 5.91 Å². The third-order valence-corrected chi connectivity index (χ3v) is 5.89. The van der Waals surface area contributed by atoms with E-state index in [1.54, 1.807) is 42.5 Å². The van der Waals surface area contributed by atoms with Gasteiger partial charge in [-0.2, -0.15) is 5.26 Å². The quantitative estimate of drug-likeness (QED) is 0.259. The van der Waals surface area contributed by atoms with Gasteiger partial charge in [-0.3, -0.25) is 4.79 Å². The zero-order valence-corrected chi connectivity index (χ0v) is 18.7. The monoisotopic (exact) mass is 454 g/mol. The fraction of sp³-hybridized carbons (Fsp3) is 0.0714. The highest BCUT2D eigenvalue weighted by molar-refractivity contribution is 6.31. The molecule has 5 heteroatoms. The maximum atomic E-state index is 14.3. The summed E-state index contributed by atoms with van der Waals surface area (Å²) in [6.07, 6.45) is 1.90. The SMILES string of the molecule is Cc1ccc(NC(=O)/C(C#N)=C/c2c(Cc3ccccc3F)ccc3ccccc23)cc1Cl. The molecule has 0 spiro atoms. The molecule has 162 valence electrons. The molecule has 0 aliphatic carbocycles. The van der Waals surface area contributed by atoms with Crippen LogP contribution in [0.15, 0.2) is 84.4 Å². The predicted octanol–water partition coefficient (Wildman–Crippen LogP) is 7.08. The summed E-state index contributed by atoms with van der Waals surface area (Å²) in [4.78, 5) is 12.9. The van der Waals surface area contributed by atoms with E-state index in [1.165, 1.54) is 6.07 Å². The van der Waals surface area contributed by atoms with Crippen molar-refractivity contribution in [2.75, 3.05) is 5.32 Å². The standard InChI is InChI=1S/C28H20ClFN2O/c1-18-10-13-23(16-26(18)29)32-28(33)22(17-31)15-25-20(14-21-7-3-5-9-27(21)30)12-11-19-6-2-4-8-24(19)25/h2-13,15-16H,14H2,1H3,(H,32,33)/b22-15+.